The highest BCUT2D eigenvalue weighted by Crippen LogP contribution is 1.94. The van der Waals surface area contributed by atoms with Crippen LogP contribution in [0, 0.1) is 0 Å². The second-order valence-electron chi connectivity index (χ2n) is 2.41. The molecule has 0 amide bonds. The van der Waals surface area contributed by atoms with Crippen molar-refractivity contribution in [1.82, 2.24) is 25.4 Å². The van der Waals surface area contributed by atoms with Gasteiger partial charge in [0.25, 0.3) is 10.0 Å². The quantitative estimate of drug-likeness (QED) is 0.677. The van der Waals surface area contributed by atoms with E-state index in [1.54, 1.807) is 18.5 Å². The molecule has 0 aliphatic carbocycles. The molecule has 16 heavy (non-hydrogen) atoms. The van der Waals surface area contributed by atoms with Crippen LogP contribution in [0.1, 0.15) is 0 Å². The SMILES string of the molecule is NS(=O)(=O)c1ccnnn1.c1cncnc1. The van der Waals surface area contributed by atoms with Gasteiger partial charge in [0.1, 0.15) is 6.33 Å². The minimum absolute atomic E-state index is 0.275. The van der Waals surface area contributed by atoms with E-state index in [1.807, 2.05) is 0 Å². The lowest BCUT2D eigenvalue weighted by Crippen LogP contribution is -2.14. The molecular weight excluding hydrogens is 232 g/mol. The Hall–Kier alpha value is -2.00. The summed E-state index contributed by atoms with van der Waals surface area (Å²) in [6, 6.07) is 2.95. The fraction of sp³-hybridized carbons (Fsp3) is 0. The molecule has 2 rings (SSSR count). The van der Waals surface area contributed by atoms with Crippen LogP contribution in [0.15, 0.2) is 42.1 Å². The topological polar surface area (TPSA) is 125 Å². The summed E-state index contributed by atoms with van der Waals surface area (Å²) in [4.78, 5) is 7.35. The Labute approximate surface area is 91.6 Å². The standard InChI is InChI=1S/C4H4N2.C3H4N4O2S/c1-2-5-4-6-3-1;4-10(8,9)3-1-2-5-7-6-3/h1-4H;1-2H,(H2,4,8,9). The molecule has 2 N–H and O–H groups in total. The summed E-state index contributed by atoms with van der Waals surface area (Å²) in [7, 11) is -3.72. The van der Waals surface area contributed by atoms with Crippen molar-refractivity contribution in [2.45, 2.75) is 5.03 Å². The number of rotatable bonds is 1. The van der Waals surface area contributed by atoms with Crippen LogP contribution in [0.5, 0.6) is 0 Å². The molecule has 0 atom stereocenters. The van der Waals surface area contributed by atoms with Crippen LogP contribution >= 0.6 is 0 Å². The third kappa shape index (κ3) is 4.48. The highest BCUT2D eigenvalue weighted by atomic mass is 32.2. The molecule has 9 heteroatoms. The summed E-state index contributed by atoms with van der Waals surface area (Å²) in [6.45, 7) is 0. The summed E-state index contributed by atoms with van der Waals surface area (Å²) < 4.78 is 21.0. The van der Waals surface area contributed by atoms with Gasteiger partial charge in [-0.05, 0) is 17.3 Å². The Kier molecular flexibility index (Phi) is 4.36. The average Bonchev–Trinajstić information content (AvgIpc) is 2.32. The molecule has 2 heterocycles. The van der Waals surface area contributed by atoms with Gasteiger partial charge in [-0.2, -0.15) is 0 Å². The second kappa shape index (κ2) is 5.78. The minimum Gasteiger partial charge on any atom is -0.245 e. The molecule has 0 unspecified atom stereocenters. The van der Waals surface area contributed by atoms with Gasteiger partial charge in [0.05, 0.1) is 6.20 Å². The van der Waals surface area contributed by atoms with Gasteiger partial charge in [0.15, 0.2) is 5.03 Å². The predicted molar refractivity (Wildman–Crippen MR) is 53.2 cm³/mol. The van der Waals surface area contributed by atoms with Crippen LogP contribution in [-0.2, 0) is 10.0 Å². The third-order valence-electron chi connectivity index (χ3n) is 1.25. The van der Waals surface area contributed by atoms with Crippen LogP contribution in [0.4, 0.5) is 0 Å². The summed E-state index contributed by atoms with van der Waals surface area (Å²) in [5.74, 6) is 0. The predicted octanol–water partition coefficient (Wildman–Crippen LogP) is -1.00. The second-order valence-corrected chi connectivity index (χ2v) is 3.92. The normalized spacial score (nSPS) is 10.1. The molecule has 0 radical (unpaired) electrons. The van der Waals surface area contributed by atoms with E-state index in [9.17, 15) is 8.42 Å². The van der Waals surface area contributed by atoms with E-state index in [0.29, 0.717) is 0 Å². The van der Waals surface area contributed by atoms with Crippen molar-refractivity contribution in [3.05, 3.63) is 37.1 Å². The number of hydrogen-bond donors (Lipinski definition) is 1. The van der Waals surface area contributed by atoms with Gasteiger partial charge in [0.2, 0.25) is 0 Å². The number of sulfonamides is 1. The molecule has 0 bridgehead atoms. The summed E-state index contributed by atoms with van der Waals surface area (Å²) in [5.41, 5.74) is 0. The van der Waals surface area contributed by atoms with E-state index in [1.165, 1.54) is 18.6 Å². The third-order valence-corrected chi connectivity index (χ3v) is 2.05. The number of nitrogens with zero attached hydrogens (tertiary/aromatic N) is 5. The van der Waals surface area contributed by atoms with Gasteiger partial charge >= 0.3 is 0 Å². The molecule has 0 aliphatic heterocycles. The summed E-state index contributed by atoms with van der Waals surface area (Å²) in [5, 5.41) is 14.0. The highest BCUT2D eigenvalue weighted by Gasteiger charge is 2.07. The van der Waals surface area contributed by atoms with E-state index < -0.39 is 10.0 Å². The average molecular weight is 240 g/mol. The Balaban J connectivity index is 0.000000181. The smallest absolute Gasteiger partial charge is 0.245 e. The Morgan fingerprint density at radius 1 is 1.12 bits per heavy atom. The van der Waals surface area contributed by atoms with E-state index in [-0.39, 0.29) is 5.03 Å². The van der Waals surface area contributed by atoms with Gasteiger partial charge in [-0.15, -0.1) is 10.2 Å². The molecule has 0 aromatic carbocycles. The first-order valence-electron chi connectivity index (χ1n) is 3.98. The molecule has 0 saturated heterocycles. The van der Waals surface area contributed by atoms with Crippen molar-refractivity contribution in [2.24, 2.45) is 5.14 Å². The van der Waals surface area contributed by atoms with Crippen LogP contribution in [0.2, 0.25) is 0 Å². The Morgan fingerprint density at radius 2 is 1.81 bits per heavy atom. The monoisotopic (exact) mass is 240 g/mol. The molecule has 2 aromatic heterocycles. The zero-order valence-corrected chi connectivity index (χ0v) is 8.82. The van der Waals surface area contributed by atoms with Crippen LogP contribution in [0.3, 0.4) is 0 Å². The molecule has 0 spiro atoms. The zero-order valence-electron chi connectivity index (χ0n) is 8.00. The largest absolute Gasteiger partial charge is 0.257 e. The Bertz CT molecular complexity index is 476. The first-order chi connectivity index (χ1) is 7.61. The lowest BCUT2D eigenvalue weighted by atomic mass is 10.7. The number of hydrogen-bond acceptors (Lipinski definition) is 7. The van der Waals surface area contributed by atoms with Crippen molar-refractivity contribution in [1.29, 1.82) is 0 Å². The first kappa shape index (κ1) is 12.1. The first-order valence-corrected chi connectivity index (χ1v) is 5.52. The molecule has 2 aromatic rings. The van der Waals surface area contributed by atoms with Crippen molar-refractivity contribution in [3.63, 3.8) is 0 Å². The number of aromatic nitrogens is 5. The molecule has 0 fully saturated rings. The highest BCUT2D eigenvalue weighted by molar-refractivity contribution is 7.89. The Morgan fingerprint density at radius 3 is 2.06 bits per heavy atom. The van der Waals surface area contributed by atoms with Crippen LogP contribution in [0.25, 0.3) is 0 Å². The maximum absolute atomic E-state index is 10.5. The summed E-state index contributed by atoms with van der Waals surface area (Å²) in [6.07, 6.45) is 6.08. The van der Waals surface area contributed by atoms with Crippen LogP contribution in [-0.4, -0.2) is 33.8 Å². The maximum Gasteiger partial charge on any atom is 0.257 e. The van der Waals surface area contributed by atoms with Gasteiger partial charge < -0.3 is 0 Å². The molecule has 84 valence electrons. The van der Waals surface area contributed by atoms with Gasteiger partial charge in [-0.3, -0.25) is 0 Å². The molecule has 0 saturated carbocycles. The van der Waals surface area contributed by atoms with Crippen molar-refractivity contribution in [2.75, 3.05) is 0 Å². The fourth-order valence-electron chi connectivity index (χ4n) is 0.635. The van der Waals surface area contributed by atoms with E-state index in [0.717, 1.165) is 0 Å². The van der Waals surface area contributed by atoms with E-state index >= 15 is 0 Å². The minimum atomic E-state index is -3.72. The molecule has 0 aliphatic rings. The van der Waals surface area contributed by atoms with Crippen LogP contribution < -0.4 is 5.14 Å². The lowest BCUT2D eigenvalue weighted by Gasteiger charge is -1.90. The van der Waals surface area contributed by atoms with Crippen molar-refractivity contribution < 1.29 is 8.42 Å². The van der Waals surface area contributed by atoms with Gasteiger partial charge in [0, 0.05) is 12.4 Å². The maximum atomic E-state index is 10.5. The lowest BCUT2D eigenvalue weighted by molar-refractivity contribution is 0.589. The van der Waals surface area contributed by atoms with E-state index in [2.05, 4.69) is 25.4 Å². The number of primary sulfonamides is 1. The van der Waals surface area contributed by atoms with Gasteiger partial charge in [-0.1, -0.05) is 0 Å². The molecule has 8 nitrogen and oxygen atoms in total. The van der Waals surface area contributed by atoms with E-state index in [4.69, 9.17) is 5.14 Å². The zero-order chi connectivity index (χ0) is 11.9. The van der Waals surface area contributed by atoms with Crippen molar-refractivity contribution >= 4 is 10.0 Å². The fourth-order valence-corrected chi connectivity index (χ4v) is 1.04. The molecular formula is C7H8N6O2S. The number of nitrogens with two attached hydrogens (primary N) is 1. The summed E-state index contributed by atoms with van der Waals surface area (Å²) >= 11 is 0. The van der Waals surface area contributed by atoms with Crippen molar-refractivity contribution in [3.8, 4) is 0 Å². The van der Waals surface area contributed by atoms with Gasteiger partial charge in [-0.25, -0.2) is 23.5 Å².